The number of carbonyl (C=O) groups is 1. The number of methoxy groups -OCH3 is 1. The first-order valence-corrected chi connectivity index (χ1v) is 9.04. The van der Waals surface area contributed by atoms with Gasteiger partial charge in [-0.15, -0.1) is 10.2 Å². The zero-order valence-electron chi connectivity index (χ0n) is 14.4. The van der Waals surface area contributed by atoms with Crippen LogP contribution in [0.15, 0.2) is 29.4 Å². The van der Waals surface area contributed by atoms with E-state index in [9.17, 15) is 4.79 Å². The summed E-state index contributed by atoms with van der Waals surface area (Å²) in [5, 5.41) is 11.9. The summed E-state index contributed by atoms with van der Waals surface area (Å²) in [5.74, 6) is 1.12. The lowest BCUT2D eigenvalue weighted by Crippen LogP contribution is -2.26. The van der Waals surface area contributed by atoms with Crippen LogP contribution in [-0.4, -0.2) is 46.7 Å². The van der Waals surface area contributed by atoms with E-state index < -0.39 is 0 Å². The van der Waals surface area contributed by atoms with Crippen molar-refractivity contribution in [2.45, 2.75) is 31.8 Å². The van der Waals surface area contributed by atoms with Crippen molar-refractivity contribution < 1.29 is 9.53 Å². The van der Waals surface area contributed by atoms with Gasteiger partial charge >= 0.3 is 0 Å². The molecule has 0 fully saturated rings. The molecule has 6 nitrogen and oxygen atoms in total. The lowest BCUT2D eigenvalue weighted by atomic mass is 10.1. The third-order valence-corrected chi connectivity index (χ3v) is 4.51. The van der Waals surface area contributed by atoms with Gasteiger partial charge in [-0.2, -0.15) is 0 Å². The van der Waals surface area contributed by atoms with Gasteiger partial charge in [0.2, 0.25) is 5.91 Å². The number of nitrogens with one attached hydrogen (secondary N) is 1. The minimum atomic E-state index is -0.00960. The Hall–Kier alpha value is -1.86. The molecule has 0 spiro atoms. The van der Waals surface area contributed by atoms with E-state index >= 15 is 0 Å². The maximum Gasteiger partial charge on any atom is 0.230 e. The number of rotatable bonds is 9. The second kappa shape index (κ2) is 9.44. The van der Waals surface area contributed by atoms with Crippen molar-refractivity contribution in [3.63, 3.8) is 0 Å². The number of nitrogens with zero attached hydrogens (tertiary/aromatic N) is 3. The average molecular weight is 348 g/mol. The topological polar surface area (TPSA) is 69.0 Å². The fourth-order valence-corrected chi connectivity index (χ4v) is 3.07. The first-order chi connectivity index (χ1) is 11.7. The Balaban J connectivity index is 1.97. The van der Waals surface area contributed by atoms with Crippen LogP contribution in [0.5, 0.6) is 0 Å². The number of thioether (sulfide) groups is 1. The van der Waals surface area contributed by atoms with E-state index in [1.54, 1.807) is 7.11 Å². The Morgan fingerprint density at radius 2 is 2.04 bits per heavy atom. The number of hydrogen-bond donors (Lipinski definition) is 1. The maximum absolute atomic E-state index is 11.9. The Kier molecular flexibility index (Phi) is 7.27. The number of amides is 1. The van der Waals surface area contributed by atoms with Gasteiger partial charge in [0, 0.05) is 25.9 Å². The highest BCUT2D eigenvalue weighted by Crippen LogP contribution is 2.22. The van der Waals surface area contributed by atoms with E-state index in [2.05, 4.69) is 46.7 Å². The molecule has 0 aliphatic rings. The zero-order chi connectivity index (χ0) is 17.4. The zero-order valence-corrected chi connectivity index (χ0v) is 15.2. The predicted octanol–water partition coefficient (Wildman–Crippen LogP) is 2.38. The molecule has 7 heteroatoms. The number of aromatic nitrogens is 3. The van der Waals surface area contributed by atoms with E-state index in [1.165, 1.54) is 17.3 Å². The lowest BCUT2D eigenvalue weighted by Gasteiger charge is -2.09. The fraction of sp³-hybridized carbons (Fsp3) is 0.471. The molecule has 0 radical (unpaired) electrons. The highest BCUT2D eigenvalue weighted by atomic mass is 32.2. The molecule has 0 aliphatic carbocycles. The summed E-state index contributed by atoms with van der Waals surface area (Å²) in [6.07, 6.45) is 1.82. The smallest absolute Gasteiger partial charge is 0.230 e. The molecule has 2 rings (SSSR count). The van der Waals surface area contributed by atoms with E-state index in [0.717, 1.165) is 29.5 Å². The average Bonchev–Trinajstić information content (AvgIpc) is 2.97. The molecule has 0 saturated carbocycles. The standard InChI is InChI=1S/C17H24N4O2S/c1-4-14-6-8-15(9-7-14)21-13(2)19-20-17(21)24-12-16(22)18-10-5-11-23-3/h6-9H,4-5,10-12H2,1-3H3,(H,18,22). The van der Waals surface area contributed by atoms with Crippen molar-refractivity contribution in [2.75, 3.05) is 26.0 Å². The first-order valence-electron chi connectivity index (χ1n) is 8.05. The second-order valence-electron chi connectivity index (χ2n) is 5.37. The van der Waals surface area contributed by atoms with Crippen LogP contribution >= 0.6 is 11.8 Å². The molecule has 0 saturated heterocycles. The first kappa shape index (κ1) is 18.5. The van der Waals surface area contributed by atoms with Crippen LogP contribution in [0.2, 0.25) is 0 Å². The van der Waals surface area contributed by atoms with Gasteiger partial charge < -0.3 is 10.1 Å². The van der Waals surface area contributed by atoms with Gasteiger partial charge in [0.15, 0.2) is 5.16 Å². The van der Waals surface area contributed by atoms with Crippen molar-refractivity contribution in [2.24, 2.45) is 0 Å². The van der Waals surface area contributed by atoms with Gasteiger partial charge in [0.05, 0.1) is 5.75 Å². The van der Waals surface area contributed by atoms with Gasteiger partial charge in [-0.25, -0.2) is 0 Å². The van der Waals surface area contributed by atoms with Crippen LogP contribution < -0.4 is 5.32 Å². The van der Waals surface area contributed by atoms with Crippen LogP contribution in [0.4, 0.5) is 0 Å². The summed E-state index contributed by atoms with van der Waals surface area (Å²) in [6.45, 7) is 5.31. The number of benzene rings is 1. The Morgan fingerprint density at radius 1 is 1.29 bits per heavy atom. The molecular formula is C17H24N4O2S. The van der Waals surface area contributed by atoms with Crippen molar-refractivity contribution in [1.82, 2.24) is 20.1 Å². The highest BCUT2D eigenvalue weighted by Gasteiger charge is 2.13. The summed E-state index contributed by atoms with van der Waals surface area (Å²) in [5.41, 5.74) is 2.30. The van der Waals surface area contributed by atoms with E-state index in [4.69, 9.17) is 4.74 Å². The SMILES string of the molecule is CCc1ccc(-n2c(C)nnc2SCC(=O)NCCCOC)cc1. The number of ether oxygens (including phenoxy) is 1. The summed E-state index contributed by atoms with van der Waals surface area (Å²) in [7, 11) is 1.65. The molecule has 1 aromatic heterocycles. The molecule has 1 N–H and O–H groups in total. The van der Waals surface area contributed by atoms with Crippen molar-refractivity contribution in [3.05, 3.63) is 35.7 Å². The summed E-state index contributed by atoms with van der Waals surface area (Å²) in [6, 6.07) is 8.33. The van der Waals surface area contributed by atoms with Gasteiger partial charge in [0.25, 0.3) is 0 Å². The number of hydrogen-bond acceptors (Lipinski definition) is 5. The minimum Gasteiger partial charge on any atom is -0.385 e. The molecular weight excluding hydrogens is 324 g/mol. The molecule has 1 aromatic carbocycles. The molecule has 0 bridgehead atoms. The lowest BCUT2D eigenvalue weighted by molar-refractivity contribution is -0.118. The van der Waals surface area contributed by atoms with Crippen LogP contribution in [0.25, 0.3) is 5.69 Å². The molecule has 0 aliphatic heterocycles. The largest absolute Gasteiger partial charge is 0.385 e. The molecule has 130 valence electrons. The van der Waals surface area contributed by atoms with Gasteiger partial charge in [0.1, 0.15) is 5.82 Å². The highest BCUT2D eigenvalue weighted by molar-refractivity contribution is 7.99. The third-order valence-electron chi connectivity index (χ3n) is 3.58. The van der Waals surface area contributed by atoms with Gasteiger partial charge in [-0.1, -0.05) is 30.8 Å². The molecule has 2 aromatic rings. The molecule has 1 heterocycles. The van der Waals surface area contributed by atoms with Gasteiger partial charge in [-0.05, 0) is 37.5 Å². The molecule has 1 amide bonds. The van der Waals surface area contributed by atoms with Crippen molar-refractivity contribution in [1.29, 1.82) is 0 Å². The van der Waals surface area contributed by atoms with Crippen molar-refractivity contribution in [3.8, 4) is 5.69 Å². The summed E-state index contributed by atoms with van der Waals surface area (Å²) in [4.78, 5) is 11.9. The maximum atomic E-state index is 11.9. The Labute approximate surface area is 147 Å². The predicted molar refractivity (Wildman–Crippen MR) is 95.7 cm³/mol. The van der Waals surface area contributed by atoms with Crippen molar-refractivity contribution >= 4 is 17.7 Å². The Bertz CT molecular complexity index is 655. The van der Waals surface area contributed by atoms with E-state index in [0.29, 0.717) is 18.9 Å². The van der Waals surface area contributed by atoms with Crippen LogP contribution in [0.3, 0.4) is 0 Å². The van der Waals surface area contributed by atoms with E-state index in [1.807, 2.05) is 11.5 Å². The fourth-order valence-electron chi connectivity index (χ4n) is 2.24. The third kappa shape index (κ3) is 5.07. The molecule has 0 atom stereocenters. The quantitative estimate of drug-likeness (QED) is 0.557. The summed E-state index contributed by atoms with van der Waals surface area (Å²) < 4.78 is 6.93. The van der Waals surface area contributed by atoms with Gasteiger partial charge in [-0.3, -0.25) is 9.36 Å². The number of carbonyl (C=O) groups excluding carboxylic acids is 1. The minimum absolute atomic E-state index is 0.00960. The molecule has 0 unspecified atom stereocenters. The van der Waals surface area contributed by atoms with Crippen LogP contribution in [0, 0.1) is 6.92 Å². The second-order valence-corrected chi connectivity index (χ2v) is 6.31. The molecule has 24 heavy (non-hydrogen) atoms. The Morgan fingerprint density at radius 3 is 2.71 bits per heavy atom. The number of aryl methyl sites for hydroxylation is 2. The normalized spacial score (nSPS) is 10.8. The van der Waals surface area contributed by atoms with Crippen LogP contribution in [-0.2, 0) is 16.0 Å². The van der Waals surface area contributed by atoms with Crippen LogP contribution in [0.1, 0.15) is 24.7 Å². The summed E-state index contributed by atoms with van der Waals surface area (Å²) >= 11 is 1.39. The van der Waals surface area contributed by atoms with E-state index in [-0.39, 0.29) is 5.91 Å². The monoisotopic (exact) mass is 348 g/mol.